The zero-order valence-corrected chi connectivity index (χ0v) is 8.83. The molecule has 3 heteroatoms. The van der Waals surface area contributed by atoms with E-state index in [1.165, 1.54) is 25.7 Å². The minimum Gasteiger partial charge on any atom is -0.351 e. The van der Waals surface area contributed by atoms with Crippen molar-refractivity contribution in [2.24, 2.45) is 17.6 Å². The quantitative estimate of drug-likeness (QED) is 0.690. The number of hydrogen-bond acceptors (Lipinski definition) is 2. The van der Waals surface area contributed by atoms with E-state index < -0.39 is 0 Å². The van der Waals surface area contributed by atoms with Crippen LogP contribution in [-0.4, -0.2) is 18.0 Å². The fourth-order valence-corrected chi connectivity index (χ4v) is 1.99. The molecule has 0 aromatic rings. The first kappa shape index (κ1) is 9.97. The highest BCUT2D eigenvalue weighted by molar-refractivity contribution is 5.81. The molecule has 3 nitrogen and oxygen atoms in total. The Hall–Kier alpha value is -0.570. The molecule has 0 spiro atoms. The molecule has 0 saturated heterocycles. The molecule has 2 saturated carbocycles. The second kappa shape index (κ2) is 3.89. The first-order chi connectivity index (χ1) is 6.72. The van der Waals surface area contributed by atoms with Crippen molar-refractivity contribution in [2.75, 3.05) is 0 Å². The number of hydrogen-bond donors (Lipinski definition) is 2. The third kappa shape index (κ3) is 2.27. The van der Waals surface area contributed by atoms with Gasteiger partial charge in [0.25, 0.3) is 0 Å². The van der Waals surface area contributed by atoms with Gasteiger partial charge in [0.1, 0.15) is 0 Å². The highest BCUT2D eigenvalue weighted by atomic mass is 16.2. The number of amides is 1. The Morgan fingerprint density at radius 2 is 1.86 bits per heavy atom. The molecule has 0 aliphatic heterocycles. The SMILES string of the molecule is CC[C@H](N)C(=O)NC(C1CC1)C1CC1. The molecule has 3 N–H and O–H groups in total. The smallest absolute Gasteiger partial charge is 0.237 e. The van der Waals surface area contributed by atoms with Crippen LogP contribution in [0.25, 0.3) is 0 Å². The summed E-state index contributed by atoms with van der Waals surface area (Å²) in [5.41, 5.74) is 5.69. The number of carbonyl (C=O) groups excluding carboxylic acids is 1. The predicted molar refractivity (Wildman–Crippen MR) is 55.6 cm³/mol. The van der Waals surface area contributed by atoms with E-state index in [0.29, 0.717) is 6.04 Å². The van der Waals surface area contributed by atoms with Gasteiger partial charge < -0.3 is 11.1 Å². The van der Waals surface area contributed by atoms with Gasteiger partial charge in [-0.05, 0) is 43.9 Å². The molecule has 0 unspecified atom stereocenters. The van der Waals surface area contributed by atoms with Gasteiger partial charge in [0.2, 0.25) is 5.91 Å². The molecule has 0 radical (unpaired) electrons. The van der Waals surface area contributed by atoms with Crippen LogP contribution in [0.1, 0.15) is 39.0 Å². The number of nitrogens with one attached hydrogen (secondary N) is 1. The molecule has 2 rings (SSSR count). The zero-order valence-electron chi connectivity index (χ0n) is 8.83. The Kier molecular flexibility index (Phi) is 2.77. The molecule has 1 amide bonds. The van der Waals surface area contributed by atoms with Crippen molar-refractivity contribution < 1.29 is 4.79 Å². The van der Waals surface area contributed by atoms with Crippen LogP contribution >= 0.6 is 0 Å². The van der Waals surface area contributed by atoms with Gasteiger partial charge in [0.05, 0.1) is 6.04 Å². The Morgan fingerprint density at radius 3 is 2.21 bits per heavy atom. The summed E-state index contributed by atoms with van der Waals surface area (Å²) in [6.45, 7) is 1.95. The second-order valence-electron chi connectivity index (χ2n) is 4.72. The number of nitrogens with two attached hydrogens (primary N) is 1. The Bertz CT molecular complexity index is 209. The molecular weight excluding hydrogens is 176 g/mol. The lowest BCUT2D eigenvalue weighted by molar-refractivity contribution is -0.123. The average Bonchev–Trinajstić information content (AvgIpc) is 3.04. The third-order valence-electron chi connectivity index (χ3n) is 3.35. The normalized spacial score (nSPS) is 23.6. The van der Waals surface area contributed by atoms with Crippen LogP contribution in [0, 0.1) is 11.8 Å². The first-order valence-corrected chi connectivity index (χ1v) is 5.78. The number of carbonyl (C=O) groups is 1. The van der Waals surface area contributed by atoms with Crippen LogP contribution in [0.3, 0.4) is 0 Å². The Labute approximate surface area is 85.4 Å². The zero-order chi connectivity index (χ0) is 10.1. The summed E-state index contributed by atoms with van der Waals surface area (Å²) in [6.07, 6.45) is 5.91. The molecule has 80 valence electrons. The van der Waals surface area contributed by atoms with Gasteiger partial charge >= 0.3 is 0 Å². The first-order valence-electron chi connectivity index (χ1n) is 5.78. The topological polar surface area (TPSA) is 55.1 Å². The lowest BCUT2D eigenvalue weighted by Gasteiger charge is -2.19. The molecule has 2 aliphatic carbocycles. The largest absolute Gasteiger partial charge is 0.351 e. The Balaban J connectivity index is 1.83. The highest BCUT2D eigenvalue weighted by Crippen LogP contribution is 2.44. The van der Waals surface area contributed by atoms with Crippen molar-refractivity contribution in [3.63, 3.8) is 0 Å². The average molecular weight is 196 g/mol. The van der Waals surface area contributed by atoms with Gasteiger partial charge in [-0.25, -0.2) is 0 Å². The van der Waals surface area contributed by atoms with E-state index in [-0.39, 0.29) is 11.9 Å². The van der Waals surface area contributed by atoms with E-state index in [1.807, 2.05) is 6.92 Å². The summed E-state index contributed by atoms with van der Waals surface area (Å²) >= 11 is 0. The van der Waals surface area contributed by atoms with E-state index in [0.717, 1.165) is 18.3 Å². The monoisotopic (exact) mass is 196 g/mol. The molecule has 0 heterocycles. The molecule has 2 aliphatic rings. The van der Waals surface area contributed by atoms with Crippen LogP contribution in [0.4, 0.5) is 0 Å². The van der Waals surface area contributed by atoms with Crippen molar-refractivity contribution in [1.29, 1.82) is 0 Å². The fourth-order valence-electron chi connectivity index (χ4n) is 1.99. The van der Waals surface area contributed by atoms with Crippen molar-refractivity contribution in [3.05, 3.63) is 0 Å². The maximum Gasteiger partial charge on any atom is 0.237 e. The van der Waals surface area contributed by atoms with E-state index in [4.69, 9.17) is 5.73 Å². The molecule has 0 bridgehead atoms. The molecule has 0 aromatic carbocycles. The van der Waals surface area contributed by atoms with Crippen LogP contribution < -0.4 is 11.1 Å². The van der Waals surface area contributed by atoms with Gasteiger partial charge in [0.15, 0.2) is 0 Å². The summed E-state index contributed by atoms with van der Waals surface area (Å²) in [5, 5.41) is 3.13. The minimum atomic E-state index is -0.310. The van der Waals surface area contributed by atoms with E-state index >= 15 is 0 Å². The van der Waals surface area contributed by atoms with Crippen LogP contribution in [0.2, 0.25) is 0 Å². The predicted octanol–water partition coefficient (Wildman–Crippen LogP) is 1.03. The molecule has 1 atom stereocenters. The fraction of sp³-hybridized carbons (Fsp3) is 0.909. The van der Waals surface area contributed by atoms with Gasteiger partial charge in [-0.15, -0.1) is 0 Å². The van der Waals surface area contributed by atoms with E-state index in [1.54, 1.807) is 0 Å². The van der Waals surface area contributed by atoms with Crippen molar-refractivity contribution >= 4 is 5.91 Å². The van der Waals surface area contributed by atoms with E-state index in [2.05, 4.69) is 5.32 Å². The lowest BCUT2D eigenvalue weighted by atomic mass is 10.1. The molecule has 14 heavy (non-hydrogen) atoms. The van der Waals surface area contributed by atoms with Gasteiger partial charge in [-0.1, -0.05) is 6.92 Å². The van der Waals surface area contributed by atoms with Crippen molar-refractivity contribution in [2.45, 2.75) is 51.1 Å². The molecule has 2 fully saturated rings. The third-order valence-corrected chi connectivity index (χ3v) is 3.35. The van der Waals surface area contributed by atoms with Crippen molar-refractivity contribution in [3.8, 4) is 0 Å². The Morgan fingerprint density at radius 1 is 1.36 bits per heavy atom. The van der Waals surface area contributed by atoms with Crippen molar-refractivity contribution in [1.82, 2.24) is 5.32 Å². The summed E-state index contributed by atoms with van der Waals surface area (Å²) in [4.78, 5) is 11.6. The maximum atomic E-state index is 11.6. The van der Waals surface area contributed by atoms with Crippen LogP contribution in [-0.2, 0) is 4.79 Å². The van der Waals surface area contributed by atoms with E-state index in [9.17, 15) is 4.79 Å². The van der Waals surface area contributed by atoms with Gasteiger partial charge in [-0.2, -0.15) is 0 Å². The minimum absolute atomic E-state index is 0.0521. The molecular formula is C11H20N2O. The number of rotatable bonds is 5. The van der Waals surface area contributed by atoms with Gasteiger partial charge in [-0.3, -0.25) is 4.79 Å². The summed E-state index contributed by atoms with van der Waals surface area (Å²) in [7, 11) is 0. The maximum absolute atomic E-state index is 11.6. The van der Waals surface area contributed by atoms with Crippen LogP contribution in [0.15, 0.2) is 0 Å². The van der Waals surface area contributed by atoms with Crippen LogP contribution in [0.5, 0.6) is 0 Å². The summed E-state index contributed by atoms with van der Waals surface area (Å²) < 4.78 is 0. The summed E-state index contributed by atoms with van der Waals surface area (Å²) in [6, 6.07) is 0.134. The molecule has 0 aromatic heterocycles. The second-order valence-corrected chi connectivity index (χ2v) is 4.72. The lowest BCUT2D eigenvalue weighted by Crippen LogP contribution is -2.46. The summed E-state index contributed by atoms with van der Waals surface area (Å²) in [5.74, 6) is 1.57. The standard InChI is InChI=1S/C11H20N2O/c1-2-9(12)11(14)13-10(7-3-4-7)8-5-6-8/h7-10H,2-6,12H2,1H3,(H,13,14)/t9-/m0/s1. The van der Waals surface area contributed by atoms with Gasteiger partial charge in [0, 0.05) is 6.04 Å². The highest BCUT2D eigenvalue weighted by Gasteiger charge is 2.42.